The van der Waals surface area contributed by atoms with Gasteiger partial charge in [-0.25, -0.2) is 0 Å². The SMILES string of the molecule is CC1=Cc2ccccc2C1C(C)(C)C1=C(C)Cc2cc3c(C)c(C)sc3cc21. The predicted octanol–water partition coefficient (Wildman–Crippen LogP) is 8.07. The minimum atomic E-state index is 0.0670. The zero-order chi connectivity index (χ0) is 19.8. The molecule has 0 N–H and O–H groups in total. The first-order valence-corrected chi connectivity index (χ1v) is 11.1. The van der Waals surface area contributed by atoms with E-state index in [1.54, 1.807) is 11.1 Å². The van der Waals surface area contributed by atoms with Gasteiger partial charge in [0.25, 0.3) is 0 Å². The number of rotatable bonds is 2. The first-order chi connectivity index (χ1) is 13.3. The molecule has 28 heavy (non-hydrogen) atoms. The molecule has 1 unspecified atom stereocenters. The normalized spacial score (nSPS) is 18.6. The number of thiophene rings is 1. The van der Waals surface area contributed by atoms with Gasteiger partial charge >= 0.3 is 0 Å². The van der Waals surface area contributed by atoms with Gasteiger partial charge in [0.15, 0.2) is 0 Å². The maximum Gasteiger partial charge on any atom is 0.0354 e. The highest BCUT2D eigenvalue weighted by Crippen LogP contribution is 2.57. The van der Waals surface area contributed by atoms with Crippen molar-refractivity contribution in [1.29, 1.82) is 0 Å². The Morgan fingerprint density at radius 1 is 1.00 bits per heavy atom. The van der Waals surface area contributed by atoms with Crippen LogP contribution >= 0.6 is 11.3 Å². The Bertz CT molecular complexity index is 1200. The minimum absolute atomic E-state index is 0.0670. The average Bonchev–Trinajstić information content (AvgIpc) is 3.23. The quantitative estimate of drug-likeness (QED) is 0.419. The lowest BCUT2D eigenvalue weighted by Gasteiger charge is -2.37. The first-order valence-electron chi connectivity index (χ1n) is 10.3. The molecule has 1 heteroatoms. The van der Waals surface area contributed by atoms with E-state index in [0.717, 1.165) is 6.42 Å². The van der Waals surface area contributed by atoms with Gasteiger partial charge in [0.1, 0.15) is 0 Å². The highest BCUT2D eigenvalue weighted by molar-refractivity contribution is 7.19. The third-order valence-corrected chi connectivity index (χ3v) is 8.23. The molecule has 0 nitrogen and oxygen atoms in total. The van der Waals surface area contributed by atoms with E-state index in [1.165, 1.54) is 48.4 Å². The van der Waals surface area contributed by atoms with E-state index in [1.807, 2.05) is 11.3 Å². The maximum absolute atomic E-state index is 2.49. The molecule has 0 amide bonds. The van der Waals surface area contributed by atoms with Crippen molar-refractivity contribution in [2.24, 2.45) is 5.41 Å². The molecule has 0 saturated carbocycles. The summed E-state index contributed by atoms with van der Waals surface area (Å²) in [4.78, 5) is 1.45. The van der Waals surface area contributed by atoms with Gasteiger partial charge in [-0.15, -0.1) is 11.3 Å². The van der Waals surface area contributed by atoms with E-state index >= 15 is 0 Å². The Kier molecular flexibility index (Phi) is 3.81. The summed E-state index contributed by atoms with van der Waals surface area (Å²) in [5.41, 5.74) is 12.0. The van der Waals surface area contributed by atoms with Crippen LogP contribution in [-0.2, 0) is 6.42 Å². The largest absolute Gasteiger partial charge is 0.140 e. The Balaban J connectivity index is 1.68. The smallest absolute Gasteiger partial charge is 0.0354 e. The van der Waals surface area contributed by atoms with Crippen LogP contribution in [0.4, 0.5) is 0 Å². The molecule has 0 fully saturated rings. The predicted molar refractivity (Wildman–Crippen MR) is 124 cm³/mol. The summed E-state index contributed by atoms with van der Waals surface area (Å²) < 4.78 is 1.44. The fraction of sp³-hybridized carbons (Fsp3) is 0.333. The van der Waals surface area contributed by atoms with E-state index in [9.17, 15) is 0 Å². The fourth-order valence-electron chi connectivity index (χ4n) is 5.89. The van der Waals surface area contributed by atoms with Crippen molar-refractivity contribution in [3.05, 3.63) is 80.2 Å². The number of fused-ring (bicyclic) bond motifs is 3. The topological polar surface area (TPSA) is 0 Å². The van der Waals surface area contributed by atoms with Crippen molar-refractivity contribution in [2.75, 3.05) is 0 Å². The lowest BCUT2D eigenvalue weighted by atomic mass is 9.66. The van der Waals surface area contributed by atoms with Gasteiger partial charge in [-0.2, -0.15) is 0 Å². The molecule has 0 radical (unpaired) electrons. The van der Waals surface area contributed by atoms with Crippen LogP contribution in [0, 0.1) is 19.3 Å². The van der Waals surface area contributed by atoms with E-state index < -0.39 is 0 Å². The molecule has 2 aliphatic rings. The van der Waals surface area contributed by atoms with E-state index in [4.69, 9.17) is 0 Å². The van der Waals surface area contributed by atoms with Gasteiger partial charge in [0.05, 0.1) is 0 Å². The lowest BCUT2D eigenvalue weighted by Crippen LogP contribution is -2.24. The van der Waals surface area contributed by atoms with Crippen LogP contribution in [0.2, 0.25) is 0 Å². The van der Waals surface area contributed by atoms with Gasteiger partial charge in [-0.3, -0.25) is 0 Å². The molecule has 0 aliphatic heterocycles. The summed E-state index contributed by atoms with van der Waals surface area (Å²) in [7, 11) is 0. The van der Waals surface area contributed by atoms with Crippen LogP contribution in [0.5, 0.6) is 0 Å². The Hall–Kier alpha value is -2.12. The molecule has 2 aromatic carbocycles. The molecule has 1 aromatic heterocycles. The van der Waals surface area contributed by atoms with Crippen molar-refractivity contribution in [2.45, 2.75) is 53.9 Å². The van der Waals surface area contributed by atoms with Gasteiger partial charge in [0.2, 0.25) is 0 Å². The highest BCUT2D eigenvalue weighted by Gasteiger charge is 2.42. The molecule has 2 aliphatic carbocycles. The highest BCUT2D eigenvalue weighted by atomic mass is 32.1. The Morgan fingerprint density at radius 2 is 1.75 bits per heavy atom. The van der Waals surface area contributed by atoms with Gasteiger partial charge in [0, 0.05) is 20.9 Å². The number of hydrogen-bond donors (Lipinski definition) is 0. The fourth-order valence-corrected chi connectivity index (χ4v) is 6.99. The zero-order valence-corrected chi connectivity index (χ0v) is 18.6. The summed E-state index contributed by atoms with van der Waals surface area (Å²) in [6, 6.07) is 13.9. The third-order valence-electron chi connectivity index (χ3n) is 7.06. The van der Waals surface area contributed by atoms with Gasteiger partial charge < -0.3 is 0 Å². The second-order valence-corrected chi connectivity index (χ2v) is 10.5. The van der Waals surface area contributed by atoms with Crippen LogP contribution in [0.3, 0.4) is 0 Å². The van der Waals surface area contributed by atoms with Crippen LogP contribution < -0.4 is 0 Å². The monoisotopic (exact) mass is 384 g/mol. The standard InChI is InChI=1S/C27H28S/c1-15-11-19-9-7-8-10-21(19)25(15)27(5,6)26-16(2)12-20-13-22-17(3)18(4)28-24(22)14-23(20)26/h7-11,13-14,25H,12H2,1-6H3. The summed E-state index contributed by atoms with van der Waals surface area (Å²) in [5.74, 6) is 0.446. The average molecular weight is 385 g/mol. The molecule has 1 atom stereocenters. The van der Waals surface area contributed by atoms with Crippen molar-refractivity contribution in [3.63, 3.8) is 0 Å². The molecule has 5 rings (SSSR count). The second kappa shape index (κ2) is 5.94. The molecule has 3 aromatic rings. The molecule has 1 heterocycles. The number of benzene rings is 2. The molecule has 0 saturated heterocycles. The van der Waals surface area contributed by atoms with Crippen molar-refractivity contribution in [1.82, 2.24) is 0 Å². The molecule has 0 spiro atoms. The van der Waals surface area contributed by atoms with Crippen LogP contribution in [0.15, 0.2) is 47.5 Å². The molecular formula is C27H28S. The molecular weight excluding hydrogens is 356 g/mol. The summed E-state index contributed by atoms with van der Waals surface area (Å²) in [6.07, 6.45) is 3.48. The number of aryl methyl sites for hydroxylation is 2. The van der Waals surface area contributed by atoms with Gasteiger partial charge in [-0.1, -0.05) is 55.3 Å². The van der Waals surface area contributed by atoms with E-state index in [2.05, 4.69) is 84.0 Å². The van der Waals surface area contributed by atoms with Crippen molar-refractivity contribution < 1.29 is 0 Å². The minimum Gasteiger partial charge on any atom is -0.140 e. The van der Waals surface area contributed by atoms with E-state index in [0.29, 0.717) is 5.92 Å². The number of allylic oxidation sites excluding steroid dienone is 3. The Labute approximate surface area is 172 Å². The maximum atomic E-state index is 2.49. The second-order valence-electron chi connectivity index (χ2n) is 9.29. The van der Waals surface area contributed by atoms with Crippen molar-refractivity contribution in [3.8, 4) is 0 Å². The van der Waals surface area contributed by atoms with Crippen LogP contribution in [0.1, 0.15) is 66.3 Å². The van der Waals surface area contributed by atoms with Crippen molar-refractivity contribution >= 4 is 33.1 Å². The van der Waals surface area contributed by atoms with Crippen LogP contribution in [-0.4, -0.2) is 0 Å². The van der Waals surface area contributed by atoms with Gasteiger partial charge in [-0.05, 0) is 85.0 Å². The van der Waals surface area contributed by atoms with E-state index in [-0.39, 0.29) is 5.41 Å². The lowest BCUT2D eigenvalue weighted by molar-refractivity contribution is 0.434. The van der Waals surface area contributed by atoms with Crippen LogP contribution in [0.25, 0.3) is 21.7 Å². The summed E-state index contributed by atoms with van der Waals surface area (Å²) in [5, 5.41) is 1.45. The molecule has 0 bridgehead atoms. The Morgan fingerprint density at radius 3 is 2.54 bits per heavy atom. The summed E-state index contributed by atoms with van der Waals surface area (Å²) >= 11 is 1.95. The molecule has 142 valence electrons. The summed E-state index contributed by atoms with van der Waals surface area (Å²) in [6.45, 7) is 14.1. The third kappa shape index (κ3) is 2.35. The number of hydrogen-bond acceptors (Lipinski definition) is 1. The first kappa shape index (κ1) is 17.9. The zero-order valence-electron chi connectivity index (χ0n) is 17.7.